The normalized spacial score (nSPS) is 18.0. The molecule has 6 heteroatoms. The number of hydrogen-bond donors (Lipinski definition) is 0. The summed E-state index contributed by atoms with van der Waals surface area (Å²) in [5, 5.41) is 0. The van der Waals surface area contributed by atoms with Crippen LogP contribution >= 0.6 is 0 Å². The molecule has 0 spiro atoms. The van der Waals surface area contributed by atoms with Crippen molar-refractivity contribution in [1.82, 2.24) is 14.9 Å². The molecule has 1 atom stereocenters. The lowest BCUT2D eigenvalue weighted by atomic mass is 10.0. The number of carbonyl (C=O) groups excluding carboxylic acids is 1. The van der Waals surface area contributed by atoms with E-state index in [9.17, 15) is 9.18 Å². The maximum atomic E-state index is 13.1. The van der Waals surface area contributed by atoms with E-state index in [-0.39, 0.29) is 23.7 Å². The van der Waals surface area contributed by atoms with E-state index < -0.39 is 0 Å². The molecule has 126 valence electrons. The highest BCUT2D eigenvalue weighted by Gasteiger charge is 2.28. The van der Waals surface area contributed by atoms with Gasteiger partial charge in [0.1, 0.15) is 18.2 Å². The van der Waals surface area contributed by atoms with E-state index in [0.717, 1.165) is 11.3 Å². The summed E-state index contributed by atoms with van der Waals surface area (Å²) in [4.78, 5) is 22.9. The molecule has 3 rings (SSSR count). The Hall–Kier alpha value is -2.34. The first-order valence-electron chi connectivity index (χ1n) is 8.02. The lowest BCUT2D eigenvalue weighted by molar-refractivity contribution is -0.0229. The van der Waals surface area contributed by atoms with Crippen LogP contribution in [0.2, 0.25) is 0 Å². The van der Waals surface area contributed by atoms with E-state index in [1.54, 1.807) is 23.2 Å². The van der Waals surface area contributed by atoms with Crippen molar-refractivity contribution in [2.75, 3.05) is 19.7 Å². The number of benzene rings is 1. The number of halogens is 1. The van der Waals surface area contributed by atoms with Gasteiger partial charge < -0.3 is 9.64 Å². The lowest BCUT2D eigenvalue weighted by Gasteiger charge is -2.33. The van der Waals surface area contributed by atoms with Gasteiger partial charge in [0.25, 0.3) is 5.91 Å². The van der Waals surface area contributed by atoms with E-state index in [4.69, 9.17) is 4.74 Å². The van der Waals surface area contributed by atoms with Gasteiger partial charge in [-0.25, -0.2) is 14.4 Å². The zero-order valence-electron chi connectivity index (χ0n) is 13.8. The third kappa shape index (κ3) is 3.43. The fourth-order valence-corrected chi connectivity index (χ4v) is 2.85. The van der Waals surface area contributed by atoms with Crippen molar-refractivity contribution in [3.05, 3.63) is 59.4 Å². The number of nitrogens with zero attached hydrogens (tertiary/aromatic N) is 3. The molecule has 1 amide bonds. The molecule has 1 aliphatic heterocycles. The number of morpholine rings is 1. The van der Waals surface area contributed by atoms with E-state index in [2.05, 4.69) is 9.97 Å². The van der Waals surface area contributed by atoms with Gasteiger partial charge in [-0.2, -0.15) is 0 Å². The Bertz CT molecular complexity index is 718. The topological polar surface area (TPSA) is 55.3 Å². The average Bonchev–Trinajstić information content (AvgIpc) is 2.62. The number of hydrogen-bond acceptors (Lipinski definition) is 4. The van der Waals surface area contributed by atoms with Crippen molar-refractivity contribution in [2.24, 2.45) is 0 Å². The first-order chi connectivity index (χ1) is 11.6. The van der Waals surface area contributed by atoms with E-state index >= 15 is 0 Å². The molecule has 0 saturated carbocycles. The molecular formula is C18H20FN3O2. The van der Waals surface area contributed by atoms with Crippen LogP contribution in [0.3, 0.4) is 0 Å². The molecule has 0 radical (unpaired) electrons. The number of rotatable bonds is 3. The lowest BCUT2D eigenvalue weighted by Crippen LogP contribution is -2.42. The van der Waals surface area contributed by atoms with Crippen LogP contribution in [0.4, 0.5) is 4.39 Å². The van der Waals surface area contributed by atoms with Gasteiger partial charge in [0, 0.05) is 12.7 Å². The third-order valence-electron chi connectivity index (χ3n) is 4.12. The first-order valence-corrected chi connectivity index (χ1v) is 8.02. The molecule has 1 aliphatic rings. The summed E-state index contributed by atoms with van der Waals surface area (Å²) in [6.45, 7) is 5.39. The van der Waals surface area contributed by atoms with Crippen molar-refractivity contribution in [3.8, 4) is 0 Å². The van der Waals surface area contributed by atoms with Crippen molar-refractivity contribution in [2.45, 2.75) is 25.9 Å². The molecule has 1 aromatic heterocycles. The average molecular weight is 329 g/mol. The Morgan fingerprint density at radius 1 is 1.33 bits per heavy atom. The molecule has 1 saturated heterocycles. The van der Waals surface area contributed by atoms with Gasteiger partial charge in [-0.15, -0.1) is 0 Å². The van der Waals surface area contributed by atoms with Gasteiger partial charge in [-0.05, 0) is 23.6 Å². The Balaban J connectivity index is 1.80. The van der Waals surface area contributed by atoms with E-state index in [1.165, 1.54) is 18.5 Å². The fourth-order valence-electron chi connectivity index (χ4n) is 2.85. The maximum absolute atomic E-state index is 13.1. The molecule has 0 N–H and O–H groups in total. The fraction of sp³-hybridized carbons (Fsp3) is 0.389. The second-order valence-corrected chi connectivity index (χ2v) is 6.14. The molecular weight excluding hydrogens is 309 g/mol. The second-order valence-electron chi connectivity index (χ2n) is 6.14. The van der Waals surface area contributed by atoms with Gasteiger partial charge in [-0.3, -0.25) is 4.79 Å². The summed E-state index contributed by atoms with van der Waals surface area (Å²) in [5.41, 5.74) is 2.15. The number of amides is 1. The van der Waals surface area contributed by atoms with E-state index in [1.807, 2.05) is 13.8 Å². The molecule has 0 bridgehead atoms. The molecule has 1 fully saturated rings. The maximum Gasteiger partial charge on any atom is 0.257 e. The summed E-state index contributed by atoms with van der Waals surface area (Å²) in [5.74, 6) is -0.235. The van der Waals surface area contributed by atoms with Crippen LogP contribution < -0.4 is 0 Å². The highest BCUT2D eigenvalue weighted by molar-refractivity contribution is 5.95. The predicted octanol–water partition coefficient (Wildman–Crippen LogP) is 2.95. The summed E-state index contributed by atoms with van der Waals surface area (Å²) >= 11 is 0. The van der Waals surface area contributed by atoms with Gasteiger partial charge in [-0.1, -0.05) is 26.0 Å². The molecule has 0 unspecified atom stereocenters. The molecule has 5 nitrogen and oxygen atoms in total. The van der Waals surface area contributed by atoms with Gasteiger partial charge in [0.05, 0.1) is 24.4 Å². The minimum atomic E-state index is -0.287. The molecule has 0 aliphatic carbocycles. The van der Waals surface area contributed by atoms with Crippen molar-refractivity contribution in [3.63, 3.8) is 0 Å². The Morgan fingerprint density at radius 3 is 2.79 bits per heavy atom. The third-order valence-corrected chi connectivity index (χ3v) is 4.12. The monoisotopic (exact) mass is 329 g/mol. The summed E-state index contributed by atoms with van der Waals surface area (Å²) in [6.07, 6.45) is 2.79. The highest BCUT2D eigenvalue weighted by Crippen LogP contribution is 2.25. The number of aromatic nitrogens is 2. The quantitative estimate of drug-likeness (QED) is 0.869. The van der Waals surface area contributed by atoms with Gasteiger partial charge in [0.15, 0.2) is 0 Å². The van der Waals surface area contributed by atoms with Crippen LogP contribution in [0.5, 0.6) is 0 Å². The Kier molecular flexibility index (Phi) is 4.85. The van der Waals surface area contributed by atoms with Crippen LogP contribution in [0, 0.1) is 5.82 Å². The minimum Gasteiger partial charge on any atom is -0.370 e. The predicted molar refractivity (Wildman–Crippen MR) is 87.1 cm³/mol. The minimum absolute atomic E-state index is 0.0882. The summed E-state index contributed by atoms with van der Waals surface area (Å²) in [7, 11) is 0. The number of carbonyl (C=O) groups is 1. The van der Waals surface area contributed by atoms with Crippen LogP contribution in [0.15, 0.2) is 36.8 Å². The molecule has 24 heavy (non-hydrogen) atoms. The zero-order chi connectivity index (χ0) is 17.1. The van der Waals surface area contributed by atoms with E-state index in [0.29, 0.717) is 25.3 Å². The Morgan fingerprint density at radius 2 is 2.08 bits per heavy atom. The molecule has 2 aromatic rings. The summed E-state index contributed by atoms with van der Waals surface area (Å²) in [6, 6.07) is 6.20. The molecule has 1 aromatic carbocycles. The first kappa shape index (κ1) is 16.5. The highest BCUT2D eigenvalue weighted by atomic mass is 19.1. The van der Waals surface area contributed by atoms with Gasteiger partial charge in [0.2, 0.25) is 0 Å². The van der Waals surface area contributed by atoms with Crippen LogP contribution in [0.1, 0.15) is 47.5 Å². The van der Waals surface area contributed by atoms with Crippen LogP contribution in [0.25, 0.3) is 0 Å². The number of ether oxygens (including phenoxy) is 1. The SMILES string of the molecule is CC(C)c1ncncc1C(=O)N1CCO[C@H](c2ccc(F)cc2)C1. The van der Waals surface area contributed by atoms with Crippen LogP contribution in [-0.2, 0) is 4.74 Å². The summed E-state index contributed by atoms with van der Waals surface area (Å²) < 4.78 is 18.8. The second kappa shape index (κ2) is 7.05. The standard InChI is InChI=1S/C18H20FN3O2/c1-12(2)17-15(9-20-11-21-17)18(23)22-7-8-24-16(10-22)13-3-5-14(19)6-4-13/h3-6,9,11-12,16H,7-8,10H2,1-2H3/t16-/m0/s1. The largest absolute Gasteiger partial charge is 0.370 e. The Labute approximate surface area is 140 Å². The van der Waals surface area contributed by atoms with Crippen molar-refractivity contribution < 1.29 is 13.9 Å². The van der Waals surface area contributed by atoms with Gasteiger partial charge >= 0.3 is 0 Å². The van der Waals surface area contributed by atoms with Crippen molar-refractivity contribution in [1.29, 1.82) is 0 Å². The van der Waals surface area contributed by atoms with Crippen molar-refractivity contribution >= 4 is 5.91 Å². The zero-order valence-corrected chi connectivity index (χ0v) is 13.8. The van der Waals surface area contributed by atoms with Crippen LogP contribution in [-0.4, -0.2) is 40.5 Å². The smallest absolute Gasteiger partial charge is 0.257 e. The molecule has 2 heterocycles.